The highest BCUT2D eigenvalue weighted by Gasteiger charge is 2.19. The third-order valence-corrected chi connectivity index (χ3v) is 4.14. The number of allylic oxidation sites excluding steroid dienone is 6. The molecule has 0 aliphatic heterocycles. The molecule has 0 N–H and O–H groups in total. The second-order valence-corrected chi connectivity index (χ2v) is 5.82. The first-order valence-electron chi connectivity index (χ1n) is 6.03. The Morgan fingerprint density at radius 3 is 2.57 bits per heavy atom. The molecular formula is C15H11N2O3S-. The lowest BCUT2D eigenvalue weighted by Gasteiger charge is -2.14. The molecule has 106 valence electrons. The molecule has 0 saturated carbocycles. The van der Waals surface area contributed by atoms with Crippen LogP contribution in [0.3, 0.4) is 0 Å². The van der Waals surface area contributed by atoms with Crippen molar-refractivity contribution >= 4 is 15.7 Å². The van der Waals surface area contributed by atoms with Crippen molar-refractivity contribution in [1.82, 2.24) is 0 Å². The van der Waals surface area contributed by atoms with Gasteiger partial charge in [0.15, 0.2) is 0 Å². The molecule has 1 aromatic rings. The topological polar surface area (TPSA) is 93.3 Å². The molecule has 1 aromatic carbocycles. The summed E-state index contributed by atoms with van der Waals surface area (Å²) in [5.74, 6) is -0.280. The molecule has 5 nitrogen and oxygen atoms in total. The summed E-state index contributed by atoms with van der Waals surface area (Å²) in [6.07, 6.45) is 6.18. The van der Waals surface area contributed by atoms with Gasteiger partial charge in [-0.15, -0.1) is 5.76 Å². The van der Waals surface area contributed by atoms with E-state index >= 15 is 0 Å². The van der Waals surface area contributed by atoms with Crippen LogP contribution in [0.1, 0.15) is 12.5 Å². The van der Waals surface area contributed by atoms with E-state index in [1.807, 2.05) is 6.07 Å². The number of benzene rings is 1. The summed E-state index contributed by atoms with van der Waals surface area (Å²) in [5.41, 5.74) is 0.301. The van der Waals surface area contributed by atoms with E-state index in [-0.39, 0.29) is 27.5 Å². The SMILES string of the molecule is CC([O-])=C1C=CC=CC1=NS(=O)(=O)c1ccccc1C#N. The Kier molecular flexibility index (Phi) is 4.05. The van der Waals surface area contributed by atoms with Crippen molar-refractivity contribution in [2.24, 2.45) is 4.40 Å². The van der Waals surface area contributed by atoms with Gasteiger partial charge in [0, 0.05) is 0 Å². The molecular weight excluding hydrogens is 288 g/mol. The minimum atomic E-state index is -4.06. The molecule has 0 fully saturated rings. The molecule has 0 atom stereocenters. The number of nitrogens with zero attached hydrogens (tertiary/aromatic N) is 2. The lowest BCUT2D eigenvalue weighted by molar-refractivity contribution is -0.302. The van der Waals surface area contributed by atoms with Crippen molar-refractivity contribution in [2.75, 3.05) is 0 Å². The van der Waals surface area contributed by atoms with Gasteiger partial charge in [0.2, 0.25) is 0 Å². The maximum absolute atomic E-state index is 12.3. The quantitative estimate of drug-likeness (QED) is 0.772. The largest absolute Gasteiger partial charge is 0.875 e. The van der Waals surface area contributed by atoms with E-state index in [1.54, 1.807) is 18.2 Å². The molecule has 1 aliphatic carbocycles. The highest BCUT2D eigenvalue weighted by molar-refractivity contribution is 7.90. The molecule has 6 heteroatoms. The van der Waals surface area contributed by atoms with Crippen molar-refractivity contribution < 1.29 is 13.5 Å². The fourth-order valence-corrected chi connectivity index (χ4v) is 2.97. The van der Waals surface area contributed by atoms with Crippen molar-refractivity contribution in [3.05, 3.63) is 65.5 Å². The van der Waals surface area contributed by atoms with Crippen LogP contribution in [0.4, 0.5) is 0 Å². The number of nitriles is 1. The summed E-state index contributed by atoms with van der Waals surface area (Å²) < 4.78 is 28.3. The van der Waals surface area contributed by atoms with Gasteiger partial charge in [-0.1, -0.05) is 37.3 Å². The van der Waals surface area contributed by atoms with Crippen molar-refractivity contribution in [3.63, 3.8) is 0 Å². The average molecular weight is 299 g/mol. The van der Waals surface area contributed by atoms with Gasteiger partial charge in [-0.25, -0.2) is 0 Å². The monoisotopic (exact) mass is 299 g/mol. The van der Waals surface area contributed by atoms with Crippen LogP contribution in [-0.2, 0) is 10.0 Å². The molecule has 0 amide bonds. The second kappa shape index (κ2) is 5.77. The predicted octanol–water partition coefficient (Wildman–Crippen LogP) is 1.45. The molecule has 0 heterocycles. The van der Waals surface area contributed by atoms with E-state index in [1.165, 1.54) is 37.3 Å². The maximum atomic E-state index is 12.3. The third kappa shape index (κ3) is 3.09. The Morgan fingerprint density at radius 2 is 1.90 bits per heavy atom. The lowest BCUT2D eigenvalue weighted by atomic mass is 10.1. The summed E-state index contributed by atoms with van der Waals surface area (Å²) in [7, 11) is -4.06. The zero-order valence-corrected chi connectivity index (χ0v) is 12.0. The second-order valence-electron chi connectivity index (χ2n) is 4.25. The van der Waals surface area contributed by atoms with Gasteiger partial charge in [0.05, 0.1) is 11.3 Å². The maximum Gasteiger partial charge on any atom is 0.284 e. The van der Waals surface area contributed by atoms with Gasteiger partial charge >= 0.3 is 0 Å². The van der Waals surface area contributed by atoms with Crippen LogP contribution in [-0.4, -0.2) is 14.1 Å². The molecule has 0 radical (unpaired) electrons. The zero-order valence-electron chi connectivity index (χ0n) is 11.1. The van der Waals surface area contributed by atoms with Gasteiger partial charge in [0.25, 0.3) is 10.0 Å². The van der Waals surface area contributed by atoms with E-state index in [4.69, 9.17) is 5.26 Å². The van der Waals surface area contributed by atoms with E-state index in [9.17, 15) is 13.5 Å². The van der Waals surface area contributed by atoms with Crippen molar-refractivity contribution in [1.29, 1.82) is 5.26 Å². The fraction of sp³-hybridized carbons (Fsp3) is 0.0667. The normalized spacial score (nSPS) is 18.6. The Morgan fingerprint density at radius 1 is 1.24 bits per heavy atom. The third-order valence-electron chi connectivity index (χ3n) is 2.79. The minimum Gasteiger partial charge on any atom is -0.875 e. The van der Waals surface area contributed by atoms with Crippen LogP contribution in [0.2, 0.25) is 0 Å². The van der Waals surface area contributed by atoms with Crippen molar-refractivity contribution in [2.45, 2.75) is 11.8 Å². The Balaban J connectivity index is 2.59. The van der Waals surface area contributed by atoms with Crippen LogP contribution in [0.5, 0.6) is 0 Å². The van der Waals surface area contributed by atoms with Crippen LogP contribution in [0, 0.1) is 11.3 Å². The van der Waals surface area contributed by atoms with E-state index in [0.717, 1.165) is 0 Å². The molecule has 0 unspecified atom stereocenters. The van der Waals surface area contributed by atoms with Gasteiger partial charge in [0.1, 0.15) is 11.0 Å². The molecule has 1 aliphatic rings. The zero-order chi connectivity index (χ0) is 15.5. The molecule has 2 rings (SSSR count). The highest BCUT2D eigenvalue weighted by atomic mass is 32.2. The van der Waals surface area contributed by atoms with E-state index < -0.39 is 10.0 Å². The smallest absolute Gasteiger partial charge is 0.284 e. The van der Waals surface area contributed by atoms with Crippen LogP contribution in [0.25, 0.3) is 0 Å². The highest BCUT2D eigenvalue weighted by Crippen LogP contribution is 2.20. The number of hydrogen-bond donors (Lipinski definition) is 0. The Labute approximate surface area is 122 Å². The first-order valence-corrected chi connectivity index (χ1v) is 7.47. The van der Waals surface area contributed by atoms with Gasteiger partial charge in [-0.3, -0.25) is 0 Å². The molecule has 21 heavy (non-hydrogen) atoms. The van der Waals surface area contributed by atoms with Gasteiger partial charge < -0.3 is 5.11 Å². The predicted molar refractivity (Wildman–Crippen MR) is 76.8 cm³/mol. The summed E-state index contributed by atoms with van der Waals surface area (Å²) >= 11 is 0. The summed E-state index contributed by atoms with van der Waals surface area (Å²) in [6, 6.07) is 7.62. The first-order chi connectivity index (χ1) is 9.95. The molecule has 0 spiro atoms. The summed E-state index contributed by atoms with van der Waals surface area (Å²) in [6.45, 7) is 1.34. The Hall–Kier alpha value is -2.65. The van der Waals surface area contributed by atoms with E-state index in [2.05, 4.69) is 4.40 Å². The number of rotatable bonds is 2. The standard InChI is InChI=1S/C15H12N2O3S/c1-11(18)13-7-3-4-8-14(13)17-21(19,20)15-9-5-2-6-12(15)10-16/h2-9,18H,1H3/p-1. The minimum absolute atomic E-state index is 0.0153. The van der Waals surface area contributed by atoms with Crippen LogP contribution >= 0.6 is 0 Å². The first kappa shape index (κ1) is 14.8. The van der Waals surface area contributed by atoms with Gasteiger partial charge in [-0.2, -0.15) is 18.1 Å². The van der Waals surface area contributed by atoms with Crippen LogP contribution in [0.15, 0.2) is 69.2 Å². The van der Waals surface area contributed by atoms with Crippen molar-refractivity contribution in [3.8, 4) is 6.07 Å². The van der Waals surface area contributed by atoms with E-state index in [0.29, 0.717) is 0 Å². The van der Waals surface area contributed by atoms with Crippen LogP contribution < -0.4 is 5.11 Å². The molecule has 0 aromatic heterocycles. The number of hydrogen-bond acceptors (Lipinski definition) is 4. The lowest BCUT2D eigenvalue weighted by Crippen LogP contribution is -2.13. The number of sulfonamides is 1. The summed E-state index contributed by atoms with van der Waals surface area (Å²) in [5, 5.41) is 20.5. The summed E-state index contributed by atoms with van der Waals surface area (Å²) in [4.78, 5) is -0.175. The Bertz CT molecular complexity index is 834. The fourth-order valence-electron chi connectivity index (χ4n) is 1.81. The average Bonchev–Trinajstić information content (AvgIpc) is 2.47. The molecule has 0 saturated heterocycles. The molecule has 0 bridgehead atoms. The van der Waals surface area contributed by atoms with Gasteiger partial charge in [-0.05, 0) is 23.8 Å².